The van der Waals surface area contributed by atoms with Crippen molar-refractivity contribution < 1.29 is 5.11 Å². The molecule has 0 amide bonds. The summed E-state index contributed by atoms with van der Waals surface area (Å²) in [6, 6.07) is 10.7. The van der Waals surface area contributed by atoms with Gasteiger partial charge in [-0.15, -0.1) is 11.8 Å². The molecule has 0 atom stereocenters. The lowest BCUT2D eigenvalue weighted by Gasteiger charge is -2.42. The normalized spacial score (nSPS) is 21.7. The van der Waals surface area contributed by atoms with Gasteiger partial charge in [-0.05, 0) is 82.7 Å². The van der Waals surface area contributed by atoms with Gasteiger partial charge in [0.2, 0.25) is 0 Å². The Bertz CT molecular complexity index is 947. The molecule has 2 nitrogen and oxygen atoms in total. The standard InChI is InChI=1S/C25H31NOS/c1-16-10-21-22(25(4,5)9-8-24(21,2)3)13-19(16)20-12-17(6-7-23(20)27)11-18-14-26-15-28-18/h6-7,10-13,26-27H,8-9,14-15H2,1-5H3. The van der Waals surface area contributed by atoms with Crippen molar-refractivity contribution in [3.63, 3.8) is 0 Å². The molecule has 0 spiro atoms. The third kappa shape index (κ3) is 3.51. The highest BCUT2D eigenvalue weighted by molar-refractivity contribution is 8.03. The molecule has 1 aliphatic carbocycles. The second-order valence-electron chi connectivity index (χ2n) is 9.58. The highest BCUT2D eigenvalue weighted by Crippen LogP contribution is 2.48. The van der Waals surface area contributed by atoms with Gasteiger partial charge in [0.1, 0.15) is 5.75 Å². The summed E-state index contributed by atoms with van der Waals surface area (Å²) in [4.78, 5) is 1.35. The lowest BCUT2D eigenvalue weighted by molar-refractivity contribution is 0.332. The number of phenolic OH excluding ortho intramolecular Hbond substituents is 1. The lowest BCUT2D eigenvalue weighted by atomic mass is 9.62. The molecule has 2 aliphatic rings. The molecule has 28 heavy (non-hydrogen) atoms. The predicted molar refractivity (Wildman–Crippen MR) is 122 cm³/mol. The summed E-state index contributed by atoms with van der Waals surface area (Å²) in [6.07, 6.45) is 4.64. The molecule has 0 saturated carbocycles. The Balaban J connectivity index is 1.85. The average molecular weight is 394 g/mol. The number of aromatic hydroxyl groups is 1. The molecule has 0 radical (unpaired) electrons. The largest absolute Gasteiger partial charge is 0.507 e. The topological polar surface area (TPSA) is 32.3 Å². The number of aryl methyl sites for hydroxylation is 1. The quantitative estimate of drug-likeness (QED) is 0.623. The van der Waals surface area contributed by atoms with Crippen LogP contribution in [0, 0.1) is 6.92 Å². The summed E-state index contributed by atoms with van der Waals surface area (Å²) in [5.41, 5.74) is 7.74. The van der Waals surface area contributed by atoms with Gasteiger partial charge in [-0.1, -0.05) is 39.8 Å². The van der Waals surface area contributed by atoms with Gasteiger partial charge in [-0.25, -0.2) is 0 Å². The molecule has 1 aliphatic heterocycles. The minimum absolute atomic E-state index is 0.161. The van der Waals surface area contributed by atoms with Crippen LogP contribution >= 0.6 is 11.8 Å². The average Bonchev–Trinajstić information content (AvgIpc) is 3.14. The van der Waals surface area contributed by atoms with Crippen LogP contribution in [0.4, 0.5) is 0 Å². The van der Waals surface area contributed by atoms with Gasteiger partial charge in [0.25, 0.3) is 0 Å². The van der Waals surface area contributed by atoms with E-state index in [0.29, 0.717) is 5.75 Å². The van der Waals surface area contributed by atoms with Gasteiger partial charge < -0.3 is 10.4 Å². The minimum Gasteiger partial charge on any atom is -0.507 e. The first kappa shape index (κ1) is 19.6. The number of thioether (sulfide) groups is 1. The van der Waals surface area contributed by atoms with Crippen LogP contribution in [0.15, 0.2) is 35.2 Å². The Labute approximate surface area is 173 Å². The summed E-state index contributed by atoms with van der Waals surface area (Å²) in [6.45, 7) is 12.5. The molecule has 1 fully saturated rings. The number of nitrogens with one attached hydrogen (secondary N) is 1. The maximum absolute atomic E-state index is 10.7. The van der Waals surface area contributed by atoms with Crippen LogP contribution in [0.5, 0.6) is 5.75 Å². The van der Waals surface area contributed by atoms with Crippen LogP contribution < -0.4 is 5.32 Å². The summed E-state index contributed by atoms with van der Waals surface area (Å²) in [7, 11) is 0. The van der Waals surface area contributed by atoms with Crippen molar-refractivity contribution >= 4 is 17.8 Å². The van der Waals surface area contributed by atoms with Gasteiger partial charge in [-0.3, -0.25) is 0 Å². The second kappa shape index (κ2) is 6.96. The molecule has 1 saturated heterocycles. The summed E-state index contributed by atoms with van der Waals surface area (Å²) < 4.78 is 0. The van der Waals surface area contributed by atoms with Gasteiger partial charge >= 0.3 is 0 Å². The number of hydrogen-bond acceptors (Lipinski definition) is 3. The molecule has 0 aromatic heterocycles. The fourth-order valence-electron chi connectivity index (χ4n) is 4.52. The van der Waals surface area contributed by atoms with Crippen LogP contribution in [0.2, 0.25) is 0 Å². The fourth-order valence-corrected chi connectivity index (χ4v) is 5.33. The van der Waals surface area contributed by atoms with E-state index in [9.17, 15) is 5.11 Å². The molecule has 2 aromatic rings. The van der Waals surface area contributed by atoms with Crippen molar-refractivity contribution in [1.29, 1.82) is 0 Å². The van der Waals surface area contributed by atoms with E-state index in [4.69, 9.17) is 0 Å². The molecule has 0 bridgehead atoms. The maximum atomic E-state index is 10.7. The van der Waals surface area contributed by atoms with E-state index in [0.717, 1.165) is 29.1 Å². The third-order valence-electron chi connectivity index (χ3n) is 6.50. The Morgan fingerprint density at radius 2 is 1.64 bits per heavy atom. The number of fused-ring (bicyclic) bond motifs is 1. The van der Waals surface area contributed by atoms with Crippen LogP contribution in [0.25, 0.3) is 17.2 Å². The van der Waals surface area contributed by atoms with Gasteiger partial charge in [-0.2, -0.15) is 0 Å². The molecular weight excluding hydrogens is 362 g/mol. The molecule has 1 heterocycles. The Hall–Kier alpha value is -1.71. The zero-order valence-electron chi connectivity index (χ0n) is 17.6. The van der Waals surface area contributed by atoms with Crippen molar-refractivity contribution in [2.45, 2.75) is 58.3 Å². The maximum Gasteiger partial charge on any atom is 0.123 e. The predicted octanol–water partition coefficient (Wildman–Crippen LogP) is 6.35. The minimum atomic E-state index is 0.161. The molecule has 4 rings (SSSR count). The monoisotopic (exact) mass is 393 g/mol. The van der Waals surface area contributed by atoms with E-state index >= 15 is 0 Å². The van der Waals surface area contributed by atoms with Crippen LogP contribution in [0.1, 0.15) is 62.8 Å². The van der Waals surface area contributed by atoms with Crippen molar-refractivity contribution in [1.82, 2.24) is 5.32 Å². The Morgan fingerprint density at radius 1 is 0.964 bits per heavy atom. The zero-order chi connectivity index (χ0) is 20.1. The van der Waals surface area contributed by atoms with Crippen molar-refractivity contribution in [3.8, 4) is 16.9 Å². The smallest absolute Gasteiger partial charge is 0.123 e. The van der Waals surface area contributed by atoms with Gasteiger partial charge in [0.05, 0.1) is 0 Å². The lowest BCUT2D eigenvalue weighted by Crippen LogP contribution is -2.34. The van der Waals surface area contributed by atoms with Crippen molar-refractivity contribution in [2.24, 2.45) is 0 Å². The summed E-state index contributed by atoms with van der Waals surface area (Å²) in [5, 5.41) is 14.0. The SMILES string of the molecule is Cc1cc2c(cc1-c1cc(C=C3CNCS3)ccc1O)C(C)(C)CCC2(C)C. The van der Waals surface area contributed by atoms with Gasteiger partial charge in [0, 0.05) is 22.9 Å². The fraction of sp³-hybridized carbons (Fsp3) is 0.440. The van der Waals surface area contributed by atoms with E-state index < -0.39 is 0 Å². The van der Waals surface area contributed by atoms with Crippen molar-refractivity contribution in [2.75, 3.05) is 12.4 Å². The zero-order valence-corrected chi connectivity index (χ0v) is 18.5. The van der Waals surface area contributed by atoms with Crippen LogP contribution in [0.3, 0.4) is 0 Å². The highest BCUT2D eigenvalue weighted by Gasteiger charge is 2.37. The molecular formula is C25H31NOS. The molecule has 2 aromatic carbocycles. The van der Waals surface area contributed by atoms with Crippen molar-refractivity contribution in [3.05, 3.63) is 57.5 Å². The molecule has 0 unspecified atom stereocenters. The summed E-state index contributed by atoms with van der Waals surface area (Å²) in [5.74, 6) is 1.33. The number of benzene rings is 2. The van der Waals surface area contributed by atoms with Crippen LogP contribution in [-0.4, -0.2) is 17.5 Å². The summed E-state index contributed by atoms with van der Waals surface area (Å²) >= 11 is 1.85. The first-order valence-electron chi connectivity index (χ1n) is 10.2. The second-order valence-corrected chi connectivity index (χ2v) is 10.7. The molecule has 2 N–H and O–H groups in total. The number of phenols is 1. The Kier molecular flexibility index (Phi) is 4.87. The van der Waals surface area contributed by atoms with E-state index in [2.05, 4.69) is 64.2 Å². The first-order chi connectivity index (χ1) is 13.2. The number of hydrogen-bond donors (Lipinski definition) is 2. The van der Waals surface area contributed by atoms with E-state index in [-0.39, 0.29) is 10.8 Å². The number of rotatable bonds is 2. The van der Waals surface area contributed by atoms with Crippen LogP contribution in [-0.2, 0) is 10.8 Å². The third-order valence-corrected chi connectivity index (χ3v) is 7.48. The first-order valence-corrected chi connectivity index (χ1v) is 11.2. The Morgan fingerprint density at radius 3 is 2.29 bits per heavy atom. The molecule has 148 valence electrons. The molecule has 3 heteroatoms. The highest BCUT2D eigenvalue weighted by atomic mass is 32.2. The van der Waals surface area contributed by atoms with E-state index in [1.54, 1.807) is 0 Å². The van der Waals surface area contributed by atoms with E-state index in [1.807, 2.05) is 23.9 Å². The van der Waals surface area contributed by atoms with E-state index in [1.165, 1.54) is 34.4 Å². The van der Waals surface area contributed by atoms with Gasteiger partial charge in [0.15, 0.2) is 0 Å².